The number of nitrogens with two attached hydrogens (primary N) is 1. The molecular formula is C14H10ClNO2. The minimum Gasteiger partial charge on any atom is -0.398 e. The van der Waals surface area contributed by atoms with Gasteiger partial charge in [0.15, 0.2) is 11.6 Å². The van der Waals surface area contributed by atoms with Crippen LogP contribution in [0.15, 0.2) is 42.5 Å². The zero-order valence-corrected chi connectivity index (χ0v) is 10.2. The zero-order chi connectivity index (χ0) is 12.0. The van der Waals surface area contributed by atoms with E-state index in [0.29, 0.717) is 27.9 Å². The van der Waals surface area contributed by atoms with E-state index in [1.807, 2.05) is 0 Å². The molecule has 0 fully saturated rings. The summed E-state index contributed by atoms with van der Waals surface area (Å²) < 4.78 is 0. The minimum absolute atomic E-state index is 0. The molecule has 3 rings (SSSR count). The van der Waals surface area contributed by atoms with Gasteiger partial charge in [0.05, 0.1) is 5.56 Å². The third kappa shape index (κ3) is 1.52. The van der Waals surface area contributed by atoms with Crippen LogP contribution in [0.3, 0.4) is 0 Å². The molecule has 0 aliphatic heterocycles. The Labute approximate surface area is 110 Å². The van der Waals surface area contributed by atoms with Crippen LogP contribution in [0.25, 0.3) is 0 Å². The van der Waals surface area contributed by atoms with Gasteiger partial charge in [0.2, 0.25) is 0 Å². The Morgan fingerprint density at radius 3 is 1.94 bits per heavy atom. The summed E-state index contributed by atoms with van der Waals surface area (Å²) in [6.45, 7) is 0. The van der Waals surface area contributed by atoms with E-state index >= 15 is 0 Å². The molecule has 0 spiro atoms. The standard InChI is InChI=1S/C14H9NO2.ClH/c15-11-7-3-6-10-12(11)14(17)9-5-2-1-4-8(9)13(10)16;/h1-7H,15H2;1H. The van der Waals surface area contributed by atoms with Crippen LogP contribution in [0, 0.1) is 0 Å². The number of anilines is 1. The van der Waals surface area contributed by atoms with E-state index in [1.165, 1.54) is 0 Å². The third-order valence-corrected chi connectivity index (χ3v) is 2.98. The van der Waals surface area contributed by atoms with E-state index in [9.17, 15) is 9.59 Å². The molecule has 0 aromatic heterocycles. The molecule has 90 valence electrons. The molecule has 1 aliphatic carbocycles. The third-order valence-electron chi connectivity index (χ3n) is 2.98. The van der Waals surface area contributed by atoms with Crippen molar-refractivity contribution in [2.24, 2.45) is 0 Å². The van der Waals surface area contributed by atoms with E-state index in [4.69, 9.17) is 5.73 Å². The molecule has 0 bridgehead atoms. The van der Waals surface area contributed by atoms with Crippen molar-refractivity contribution in [3.8, 4) is 0 Å². The molecule has 18 heavy (non-hydrogen) atoms. The highest BCUT2D eigenvalue weighted by molar-refractivity contribution is 6.29. The molecule has 2 aromatic carbocycles. The number of benzene rings is 2. The van der Waals surface area contributed by atoms with Gasteiger partial charge in [-0.15, -0.1) is 12.4 Å². The highest BCUT2D eigenvalue weighted by Gasteiger charge is 2.30. The largest absolute Gasteiger partial charge is 0.398 e. The van der Waals surface area contributed by atoms with Crippen molar-refractivity contribution >= 4 is 29.7 Å². The van der Waals surface area contributed by atoms with Crippen LogP contribution in [0.1, 0.15) is 31.8 Å². The Hall–Kier alpha value is -2.13. The van der Waals surface area contributed by atoms with Gasteiger partial charge in [-0.25, -0.2) is 0 Å². The average molecular weight is 260 g/mol. The van der Waals surface area contributed by atoms with Gasteiger partial charge < -0.3 is 5.73 Å². The maximum Gasteiger partial charge on any atom is 0.196 e. The maximum absolute atomic E-state index is 12.2. The number of ketones is 2. The van der Waals surface area contributed by atoms with Gasteiger partial charge >= 0.3 is 0 Å². The van der Waals surface area contributed by atoms with E-state index in [0.717, 1.165) is 0 Å². The lowest BCUT2D eigenvalue weighted by molar-refractivity contribution is 0.0979. The molecule has 0 radical (unpaired) electrons. The summed E-state index contributed by atoms with van der Waals surface area (Å²) in [5, 5.41) is 0. The van der Waals surface area contributed by atoms with Crippen LogP contribution in [-0.2, 0) is 0 Å². The molecule has 0 heterocycles. The number of halogens is 1. The predicted molar refractivity (Wildman–Crippen MR) is 71.4 cm³/mol. The molecule has 0 atom stereocenters. The number of hydrogen-bond donors (Lipinski definition) is 1. The number of nitrogen functional groups attached to an aromatic ring is 1. The topological polar surface area (TPSA) is 60.2 Å². The molecule has 2 aromatic rings. The summed E-state index contributed by atoms with van der Waals surface area (Å²) in [5.74, 6) is -0.309. The Morgan fingerprint density at radius 1 is 0.722 bits per heavy atom. The smallest absolute Gasteiger partial charge is 0.196 e. The second-order valence-electron chi connectivity index (χ2n) is 3.97. The monoisotopic (exact) mass is 259 g/mol. The van der Waals surface area contributed by atoms with Gasteiger partial charge in [-0.05, 0) is 6.07 Å². The van der Waals surface area contributed by atoms with Crippen LogP contribution in [-0.4, -0.2) is 11.6 Å². The first-order chi connectivity index (χ1) is 8.20. The summed E-state index contributed by atoms with van der Waals surface area (Å²) in [7, 11) is 0. The molecule has 0 saturated carbocycles. The van der Waals surface area contributed by atoms with E-state index in [2.05, 4.69) is 0 Å². The van der Waals surface area contributed by atoms with Gasteiger partial charge in [-0.1, -0.05) is 36.4 Å². The van der Waals surface area contributed by atoms with E-state index in [-0.39, 0.29) is 24.0 Å². The van der Waals surface area contributed by atoms with Crippen molar-refractivity contribution < 1.29 is 9.59 Å². The fraction of sp³-hybridized carbons (Fsp3) is 0. The average Bonchev–Trinajstić information content (AvgIpc) is 2.36. The number of carbonyl (C=O) groups excluding carboxylic acids is 2. The fourth-order valence-electron chi connectivity index (χ4n) is 2.17. The number of rotatable bonds is 0. The van der Waals surface area contributed by atoms with Crippen molar-refractivity contribution in [3.05, 3.63) is 64.7 Å². The maximum atomic E-state index is 12.2. The Kier molecular flexibility index (Phi) is 2.93. The number of hydrogen-bond acceptors (Lipinski definition) is 3. The van der Waals surface area contributed by atoms with E-state index in [1.54, 1.807) is 42.5 Å². The van der Waals surface area contributed by atoms with Gasteiger partial charge in [0, 0.05) is 22.4 Å². The van der Waals surface area contributed by atoms with Crippen LogP contribution in [0.4, 0.5) is 5.69 Å². The first-order valence-electron chi connectivity index (χ1n) is 5.27. The Balaban J connectivity index is 0.00000120. The number of carbonyl (C=O) groups is 2. The van der Waals surface area contributed by atoms with Crippen molar-refractivity contribution in [2.45, 2.75) is 0 Å². The van der Waals surface area contributed by atoms with Crippen molar-refractivity contribution in [3.63, 3.8) is 0 Å². The van der Waals surface area contributed by atoms with Gasteiger partial charge in [0.25, 0.3) is 0 Å². The SMILES string of the molecule is Cl.Nc1cccc2c1C(=O)c1ccccc1C2=O. The molecule has 0 saturated heterocycles. The molecule has 0 unspecified atom stereocenters. The molecular weight excluding hydrogens is 250 g/mol. The van der Waals surface area contributed by atoms with Gasteiger partial charge in [-0.2, -0.15) is 0 Å². The highest BCUT2D eigenvalue weighted by Crippen LogP contribution is 2.30. The number of fused-ring (bicyclic) bond motifs is 2. The minimum atomic E-state index is -0.173. The summed E-state index contributed by atoms with van der Waals surface area (Å²) in [4.78, 5) is 24.4. The molecule has 2 N–H and O–H groups in total. The van der Waals surface area contributed by atoms with Crippen LogP contribution in [0.2, 0.25) is 0 Å². The second-order valence-corrected chi connectivity index (χ2v) is 3.97. The lowest BCUT2D eigenvalue weighted by atomic mass is 9.83. The van der Waals surface area contributed by atoms with Crippen molar-refractivity contribution in [1.29, 1.82) is 0 Å². The zero-order valence-electron chi connectivity index (χ0n) is 9.34. The summed E-state index contributed by atoms with van der Waals surface area (Å²) in [6.07, 6.45) is 0. The second kappa shape index (κ2) is 4.27. The highest BCUT2D eigenvalue weighted by atomic mass is 35.5. The Bertz CT molecular complexity index is 665. The first-order valence-corrected chi connectivity index (χ1v) is 5.27. The Morgan fingerprint density at radius 2 is 1.28 bits per heavy atom. The van der Waals surface area contributed by atoms with Crippen molar-refractivity contribution in [1.82, 2.24) is 0 Å². The summed E-state index contributed by atoms with van der Waals surface area (Å²) in [5.41, 5.74) is 7.75. The summed E-state index contributed by atoms with van der Waals surface area (Å²) >= 11 is 0. The summed E-state index contributed by atoms with van der Waals surface area (Å²) in [6, 6.07) is 11.8. The lowest BCUT2D eigenvalue weighted by Crippen LogP contribution is -2.22. The normalized spacial score (nSPS) is 12.4. The van der Waals surface area contributed by atoms with Gasteiger partial charge in [0.1, 0.15) is 0 Å². The van der Waals surface area contributed by atoms with Gasteiger partial charge in [-0.3, -0.25) is 9.59 Å². The molecule has 0 amide bonds. The van der Waals surface area contributed by atoms with Crippen molar-refractivity contribution in [2.75, 3.05) is 5.73 Å². The van der Waals surface area contributed by atoms with Crippen LogP contribution >= 0.6 is 12.4 Å². The first kappa shape index (κ1) is 12.3. The van der Waals surface area contributed by atoms with E-state index < -0.39 is 0 Å². The fourth-order valence-corrected chi connectivity index (χ4v) is 2.17. The molecule has 4 heteroatoms. The molecule has 3 nitrogen and oxygen atoms in total. The van der Waals surface area contributed by atoms with Crippen LogP contribution in [0.5, 0.6) is 0 Å². The predicted octanol–water partition coefficient (Wildman–Crippen LogP) is 2.47. The quantitative estimate of drug-likeness (QED) is 0.631. The lowest BCUT2D eigenvalue weighted by Gasteiger charge is -2.18. The molecule has 1 aliphatic rings. The van der Waals surface area contributed by atoms with Crippen LogP contribution < -0.4 is 5.73 Å².